The van der Waals surface area contributed by atoms with Crippen LogP contribution in [0.4, 0.5) is 11.4 Å². The van der Waals surface area contributed by atoms with E-state index in [1.807, 2.05) is 11.8 Å². The van der Waals surface area contributed by atoms with Crippen LogP contribution in [0, 0.1) is 10.1 Å². The number of hydrogen-bond acceptors (Lipinski definition) is 6. The number of nitrogens with zero attached hydrogens (tertiary/aromatic N) is 2. The van der Waals surface area contributed by atoms with Gasteiger partial charge in [-0.1, -0.05) is 6.07 Å². The standard InChI is InChI=1S/C13H19N3O4S/c1-9-8-10(14)6-7-15(9)11-4-3-5-12(21(2,19)20)13(11)16(17)18/h3-5,9-10H,6-8,14H2,1-2H3. The van der Waals surface area contributed by atoms with Crippen molar-refractivity contribution in [1.29, 1.82) is 0 Å². The Labute approximate surface area is 123 Å². The SMILES string of the molecule is CC1CC(N)CCN1c1cccc(S(C)(=O)=O)c1[N+](=O)[O-]. The third kappa shape index (κ3) is 3.16. The Morgan fingerprint density at radius 3 is 2.62 bits per heavy atom. The van der Waals surface area contributed by atoms with Gasteiger partial charge in [0, 0.05) is 24.9 Å². The molecule has 2 atom stereocenters. The second-order valence-corrected chi connectivity index (χ2v) is 7.46. The lowest BCUT2D eigenvalue weighted by molar-refractivity contribution is -0.387. The monoisotopic (exact) mass is 313 g/mol. The summed E-state index contributed by atoms with van der Waals surface area (Å²) in [7, 11) is -3.66. The number of nitrogens with two attached hydrogens (primary N) is 1. The summed E-state index contributed by atoms with van der Waals surface area (Å²) < 4.78 is 23.6. The predicted octanol–water partition coefficient (Wildman–Crippen LogP) is 1.31. The van der Waals surface area contributed by atoms with Gasteiger partial charge in [0.15, 0.2) is 9.84 Å². The number of nitro benzene ring substituents is 1. The maximum Gasteiger partial charge on any atom is 0.311 e. The van der Waals surface area contributed by atoms with E-state index < -0.39 is 14.8 Å². The molecule has 0 saturated carbocycles. The zero-order chi connectivity index (χ0) is 15.8. The minimum absolute atomic E-state index is 0.0299. The van der Waals surface area contributed by atoms with Crippen molar-refractivity contribution < 1.29 is 13.3 Å². The number of piperidine rings is 1. The minimum atomic E-state index is -3.66. The fourth-order valence-corrected chi connectivity index (χ4v) is 3.65. The lowest BCUT2D eigenvalue weighted by Gasteiger charge is -2.37. The van der Waals surface area contributed by atoms with Gasteiger partial charge in [-0.3, -0.25) is 10.1 Å². The molecule has 0 radical (unpaired) electrons. The van der Waals surface area contributed by atoms with Crippen molar-refractivity contribution in [1.82, 2.24) is 0 Å². The van der Waals surface area contributed by atoms with E-state index in [4.69, 9.17) is 5.73 Å². The minimum Gasteiger partial charge on any atom is -0.363 e. The van der Waals surface area contributed by atoms with E-state index in [0.29, 0.717) is 12.2 Å². The molecule has 2 N–H and O–H groups in total. The second kappa shape index (κ2) is 5.61. The molecule has 1 heterocycles. The molecule has 116 valence electrons. The van der Waals surface area contributed by atoms with E-state index in [1.165, 1.54) is 6.07 Å². The van der Waals surface area contributed by atoms with Crippen LogP contribution < -0.4 is 10.6 Å². The van der Waals surface area contributed by atoms with Crippen LogP contribution in [0.25, 0.3) is 0 Å². The van der Waals surface area contributed by atoms with Crippen LogP contribution in [0.15, 0.2) is 23.1 Å². The molecule has 0 aromatic heterocycles. The molecule has 2 rings (SSSR count). The molecule has 0 amide bonds. The van der Waals surface area contributed by atoms with Crippen LogP contribution in [0.5, 0.6) is 0 Å². The van der Waals surface area contributed by atoms with E-state index in [9.17, 15) is 18.5 Å². The lowest BCUT2D eigenvalue weighted by atomic mass is 9.98. The first kappa shape index (κ1) is 15.7. The van der Waals surface area contributed by atoms with Gasteiger partial charge in [-0.2, -0.15) is 0 Å². The van der Waals surface area contributed by atoms with Gasteiger partial charge in [0.05, 0.1) is 4.92 Å². The van der Waals surface area contributed by atoms with Crippen molar-refractivity contribution in [3.8, 4) is 0 Å². The Kier molecular flexibility index (Phi) is 4.20. The van der Waals surface area contributed by atoms with Gasteiger partial charge >= 0.3 is 5.69 Å². The zero-order valence-corrected chi connectivity index (χ0v) is 12.8. The molecule has 1 fully saturated rings. The highest BCUT2D eigenvalue weighted by Crippen LogP contribution is 2.37. The van der Waals surface area contributed by atoms with E-state index in [-0.39, 0.29) is 22.7 Å². The summed E-state index contributed by atoms with van der Waals surface area (Å²) >= 11 is 0. The Hall–Kier alpha value is -1.67. The second-order valence-electron chi connectivity index (χ2n) is 5.48. The molecule has 0 aliphatic carbocycles. The molecule has 0 bridgehead atoms. The summed E-state index contributed by atoms with van der Waals surface area (Å²) in [5.74, 6) is 0. The molecular formula is C13H19N3O4S. The Bertz CT molecular complexity index is 659. The molecule has 0 spiro atoms. The van der Waals surface area contributed by atoms with Crippen LogP contribution in [-0.2, 0) is 9.84 Å². The number of anilines is 1. The Morgan fingerprint density at radius 2 is 2.10 bits per heavy atom. The summed E-state index contributed by atoms with van der Waals surface area (Å²) in [6.45, 7) is 2.52. The zero-order valence-electron chi connectivity index (χ0n) is 12.0. The maximum absolute atomic E-state index is 11.8. The number of para-hydroxylation sites is 1. The lowest BCUT2D eigenvalue weighted by Crippen LogP contribution is -2.45. The maximum atomic E-state index is 11.8. The molecule has 1 aromatic carbocycles. The number of benzene rings is 1. The van der Waals surface area contributed by atoms with Crippen LogP contribution >= 0.6 is 0 Å². The third-order valence-corrected chi connectivity index (χ3v) is 4.91. The van der Waals surface area contributed by atoms with Crippen molar-refractivity contribution in [3.05, 3.63) is 28.3 Å². The van der Waals surface area contributed by atoms with Gasteiger partial charge < -0.3 is 10.6 Å². The number of hydrogen-bond donors (Lipinski definition) is 1. The van der Waals surface area contributed by atoms with Crippen molar-refractivity contribution >= 4 is 21.2 Å². The van der Waals surface area contributed by atoms with Crippen LogP contribution in [0.2, 0.25) is 0 Å². The van der Waals surface area contributed by atoms with Crippen LogP contribution in [0.1, 0.15) is 19.8 Å². The smallest absolute Gasteiger partial charge is 0.311 e. The van der Waals surface area contributed by atoms with Gasteiger partial charge in [0.2, 0.25) is 0 Å². The van der Waals surface area contributed by atoms with Crippen LogP contribution in [0.3, 0.4) is 0 Å². The number of sulfone groups is 1. The first-order valence-electron chi connectivity index (χ1n) is 6.71. The topological polar surface area (TPSA) is 107 Å². The molecule has 1 aliphatic heterocycles. The Morgan fingerprint density at radius 1 is 1.43 bits per heavy atom. The van der Waals surface area contributed by atoms with Crippen molar-refractivity contribution in [2.75, 3.05) is 17.7 Å². The number of nitro groups is 1. The third-order valence-electron chi connectivity index (χ3n) is 3.79. The van der Waals surface area contributed by atoms with Gasteiger partial charge in [0.1, 0.15) is 10.6 Å². The average Bonchev–Trinajstić information content (AvgIpc) is 2.36. The highest BCUT2D eigenvalue weighted by atomic mass is 32.2. The fourth-order valence-electron chi connectivity index (χ4n) is 2.79. The van der Waals surface area contributed by atoms with Gasteiger partial charge in [0.25, 0.3) is 0 Å². The molecule has 1 saturated heterocycles. The summed E-state index contributed by atoms with van der Waals surface area (Å²) in [6, 6.07) is 4.52. The molecule has 1 aliphatic rings. The normalized spacial score (nSPS) is 23.1. The molecule has 1 aromatic rings. The summed E-state index contributed by atoms with van der Waals surface area (Å²) in [4.78, 5) is 12.4. The predicted molar refractivity (Wildman–Crippen MR) is 80.2 cm³/mol. The first-order valence-corrected chi connectivity index (χ1v) is 8.60. The van der Waals surface area contributed by atoms with Crippen molar-refractivity contribution in [3.63, 3.8) is 0 Å². The molecular weight excluding hydrogens is 294 g/mol. The highest BCUT2D eigenvalue weighted by Gasteiger charge is 2.32. The van der Waals surface area contributed by atoms with E-state index in [1.54, 1.807) is 12.1 Å². The molecule has 2 unspecified atom stereocenters. The molecule has 7 nitrogen and oxygen atoms in total. The van der Waals surface area contributed by atoms with E-state index in [0.717, 1.165) is 19.1 Å². The Balaban J connectivity index is 2.57. The van der Waals surface area contributed by atoms with E-state index in [2.05, 4.69) is 0 Å². The van der Waals surface area contributed by atoms with Crippen molar-refractivity contribution in [2.45, 2.75) is 36.7 Å². The number of rotatable bonds is 3. The van der Waals surface area contributed by atoms with Gasteiger partial charge in [-0.25, -0.2) is 8.42 Å². The highest BCUT2D eigenvalue weighted by molar-refractivity contribution is 7.90. The van der Waals surface area contributed by atoms with E-state index >= 15 is 0 Å². The van der Waals surface area contributed by atoms with Gasteiger partial charge in [-0.15, -0.1) is 0 Å². The van der Waals surface area contributed by atoms with Gasteiger partial charge in [-0.05, 0) is 31.9 Å². The quantitative estimate of drug-likeness (QED) is 0.666. The van der Waals surface area contributed by atoms with Crippen molar-refractivity contribution in [2.24, 2.45) is 5.73 Å². The molecule has 21 heavy (non-hydrogen) atoms. The summed E-state index contributed by atoms with van der Waals surface area (Å²) in [6.07, 6.45) is 2.43. The van der Waals surface area contributed by atoms with Crippen LogP contribution in [-0.4, -0.2) is 38.2 Å². The average molecular weight is 313 g/mol. The summed E-state index contributed by atoms with van der Waals surface area (Å²) in [5, 5.41) is 11.4. The fraction of sp³-hybridized carbons (Fsp3) is 0.538. The molecule has 8 heteroatoms. The summed E-state index contributed by atoms with van der Waals surface area (Å²) in [5.41, 5.74) is 5.91. The first-order chi connectivity index (χ1) is 9.71. The largest absolute Gasteiger partial charge is 0.363 e.